The summed E-state index contributed by atoms with van der Waals surface area (Å²) >= 11 is 2.00. The van der Waals surface area contributed by atoms with Crippen molar-refractivity contribution in [3.05, 3.63) is 0 Å². The summed E-state index contributed by atoms with van der Waals surface area (Å²) < 4.78 is 11.2. The van der Waals surface area contributed by atoms with Crippen molar-refractivity contribution >= 4 is 17.5 Å². The molecule has 98 valence electrons. The number of rotatable bonds is 4. The fourth-order valence-electron chi connectivity index (χ4n) is 2.71. The normalized spacial score (nSPS) is 28.2. The Bertz CT molecular complexity index is 256. The van der Waals surface area contributed by atoms with Crippen molar-refractivity contribution in [2.24, 2.45) is 5.92 Å². The van der Waals surface area contributed by atoms with Crippen LogP contribution < -0.4 is 0 Å². The van der Waals surface area contributed by atoms with E-state index in [1.807, 2.05) is 18.7 Å². The third kappa shape index (κ3) is 3.46. The molecular weight excluding hydrogens is 236 g/mol. The lowest BCUT2D eigenvalue weighted by atomic mass is 9.80. The second-order valence-electron chi connectivity index (χ2n) is 4.94. The van der Waals surface area contributed by atoms with Gasteiger partial charge in [0, 0.05) is 19.1 Å². The van der Waals surface area contributed by atoms with E-state index in [9.17, 15) is 4.79 Å². The predicted octanol–water partition coefficient (Wildman–Crippen LogP) is 2.28. The van der Waals surface area contributed by atoms with Gasteiger partial charge >= 0.3 is 0 Å². The number of ether oxygens (including phenoxy) is 2. The number of carbonyl (C=O) groups is 1. The van der Waals surface area contributed by atoms with Gasteiger partial charge in [0.2, 0.25) is 0 Å². The monoisotopic (exact) mass is 258 g/mol. The van der Waals surface area contributed by atoms with E-state index < -0.39 is 0 Å². The van der Waals surface area contributed by atoms with E-state index >= 15 is 0 Å². The molecule has 1 unspecified atom stereocenters. The lowest BCUT2D eigenvalue weighted by Crippen LogP contribution is -2.45. The largest absolute Gasteiger partial charge is 0.375 e. The van der Waals surface area contributed by atoms with Gasteiger partial charge in [0.1, 0.15) is 6.61 Å². The zero-order valence-electron chi connectivity index (χ0n) is 10.6. The molecule has 1 atom stereocenters. The van der Waals surface area contributed by atoms with Crippen molar-refractivity contribution in [3.63, 3.8) is 0 Å². The molecule has 0 aliphatic carbocycles. The summed E-state index contributed by atoms with van der Waals surface area (Å²) in [6.07, 6.45) is 4.01. The average Bonchev–Trinajstić information content (AvgIpc) is 2.37. The second kappa shape index (κ2) is 6.21. The first-order chi connectivity index (χ1) is 8.26. The lowest BCUT2D eigenvalue weighted by Gasteiger charge is -2.42. The van der Waals surface area contributed by atoms with Crippen molar-refractivity contribution in [2.75, 3.05) is 31.3 Å². The number of Topliss-reactive ketones (excluding diaryl/α,β-unsaturated/α-hetero) is 1. The van der Waals surface area contributed by atoms with Crippen molar-refractivity contribution in [1.29, 1.82) is 0 Å². The van der Waals surface area contributed by atoms with Gasteiger partial charge in [-0.25, -0.2) is 0 Å². The van der Waals surface area contributed by atoms with Gasteiger partial charge in [-0.3, -0.25) is 4.79 Å². The molecule has 0 bridgehead atoms. The molecule has 0 saturated carbocycles. The third-order valence-electron chi connectivity index (χ3n) is 3.80. The lowest BCUT2D eigenvalue weighted by molar-refractivity contribution is -0.142. The first-order valence-corrected chi connectivity index (χ1v) is 7.73. The van der Waals surface area contributed by atoms with Crippen molar-refractivity contribution in [1.82, 2.24) is 0 Å². The van der Waals surface area contributed by atoms with Crippen molar-refractivity contribution in [2.45, 2.75) is 38.2 Å². The number of hydrogen-bond donors (Lipinski definition) is 0. The molecule has 1 spiro atoms. The summed E-state index contributed by atoms with van der Waals surface area (Å²) in [7, 11) is 0. The van der Waals surface area contributed by atoms with Crippen LogP contribution >= 0.6 is 11.8 Å². The molecule has 2 heterocycles. The Morgan fingerprint density at radius 3 is 2.94 bits per heavy atom. The van der Waals surface area contributed by atoms with Crippen molar-refractivity contribution in [3.8, 4) is 0 Å². The fourth-order valence-corrected chi connectivity index (χ4v) is 3.95. The van der Waals surface area contributed by atoms with Crippen LogP contribution in [0.2, 0.25) is 0 Å². The molecular formula is C13H22O3S. The van der Waals surface area contributed by atoms with E-state index in [2.05, 4.69) is 0 Å². The van der Waals surface area contributed by atoms with Crippen LogP contribution in [0.5, 0.6) is 0 Å². The summed E-state index contributed by atoms with van der Waals surface area (Å²) in [6.45, 7) is 3.58. The highest BCUT2D eigenvalue weighted by Crippen LogP contribution is 2.39. The molecule has 2 aliphatic rings. The SMILES string of the molecule is CCOCC(=O)C1CCOC2(CCSCC2)C1. The van der Waals surface area contributed by atoms with Crippen LogP contribution in [0.1, 0.15) is 32.6 Å². The van der Waals surface area contributed by atoms with E-state index in [-0.39, 0.29) is 23.9 Å². The second-order valence-corrected chi connectivity index (χ2v) is 6.16. The summed E-state index contributed by atoms with van der Waals surface area (Å²) in [5.74, 6) is 2.78. The minimum absolute atomic E-state index is 0.00996. The zero-order chi connectivity index (χ0) is 12.1. The summed E-state index contributed by atoms with van der Waals surface area (Å²) in [6, 6.07) is 0. The van der Waals surface area contributed by atoms with Crippen LogP contribution in [-0.4, -0.2) is 42.7 Å². The first-order valence-electron chi connectivity index (χ1n) is 6.58. The number of hydrogen-bond acceptors (Lipinski definition) is 4. The molecule has 0 amide bonds. The smallest absolute Gasteiger partial charge is 0.161 e. The number of carbonyl (C=O) groups excluding carboxylic acids is 1. The van der Waals surface area contributed by atoms with Crippen LogP contribution in [0.15, 0.2) is 0 Å². The molecule has 4 heteroatoms. The topological polar surface area (TPSA) is 35.5 Å². The van der Waals surface area contributed by atoms with Gasteiger partial charge in [0.25, 0.3) is 0 Å². The molecule has 2 rings (SSSR count). The van der Waals surface area contributed by atoms with Crippen LogP contribution in [-0.2, 0) is 14.3 Å². The molecule has 2 saturated heterocycles. The highest BCUT2D eigenvalue weighted by Gasteiger charge is 2.40. The Kier molecular flexibility index (Phi) is 4.88. The van der Waals surface area contributed by atoms with Crippen LogP contribution in [0.25, 0.3) is 0 Å². The van der Waals surface area contributed by atoms with Crippen LogP contribution in [0.3, 0.4) is 0 Å². The standard InChI is InChI=1S/C13H22O3S/c1-2-15-10-12(14)11-3-6-16-13(9-11)4-7-17-8-5-13/h11H,2-10H2,1H3. The van der Waals surface area contributed by atoms with E-state index in [4.69, 9.17) is 9.47 Å². The Balaban J connectivity index is 1.89. The Labute approximate surface area is 108 Å². The van der Waals surface area contributed by atoms with Crippen LogP contribution in [0, 0.1) is 5.92 Å². The van der Waals surface area contributed by atoms with Gasteiger partial charge in [-0.2, -0.15) is 11.8 Å². The summed E-state index contributed by atoms with van der Waals surface area (Å²) in [4.78, 5) is 12.0. The third-order valence-corrected chi connectivity index (χ3v) is 4.79. The molecule has 0 aromatic rings. The van der Waals surface area contributed by atoms with Gasteiger partial charge in [-0.1, -0.05) is 0 Å². The Morgan fingerprint density at radius 1 is 1.47 bits per heavy atom. The molecule has 17 heavy (non-hydrogen) atoms. The quantitative estimate of drug-likeness (QED) is 0.775. The van der Waals surface area contributed by atoms with E-state index in [1.54, 1.807) is 0 Å². The highest BCUT2D eigenvalue weighted by atomic mass is 32.2. The first kappa shape index (κ1) is 13.4. The summed E-state index contributed by atoms with van der Waals surface area (Å²) in [5, 5.41) is 0. The maximum atomic E-state index is 12.0. The minimum atomic E-state index is 0.00996. The molecule has 0 N–H and O–H groups in total. The molecule has 3 nitrogen and oxygen atoms in total. The predicted molar refractivity (Wildman–Crippen MR) is 69.5 cm³/mol. The van der Waals surface area contributed by atoms with Gasteiger partial charge in [0.15, 0.2) is 5.78 Å². The van der Waals surface area contributed by atoms with E-state index in [0.29, 0.717) is 6.61 Å². The number of thioether (sulfide) groups is 1. The Hall–Kier alpha value is -0.0600. The molecule has 0 aromatic carbocycles. The van der Waals surface area contributed by atoms with Crippen LogP contribution in [0.4, 0.5) is 0 Å². The molecule has 0 aromatic heterocycles. The van der Waals surface area contributed by atoms with E-state index in [1.165, 1.54) is 11.5 Å². The van der Waals surface area contributed by atoms with Gasteiger partial charge < -0.3 is 9.47 Å². The van der Waals surface area contributed by atoms with E-state index in [0.717, 1.165) is 32.3 Å². The van der Waals surface area contributed by atoms with Gasteiger partial charge in [-0.15, -0.1) is 0 Å². The molecule has 2 fully saturated rings. The maximum absolute atomic E-state index is 12.0. The Morgan fingerprint density at radius 2 is 2.24 bits per heavy atom. The summed E-state index contributed by atoms with van der Waals surface area (Å²) in [5.41, 5.74) is 0.00996. The van der Waals surface area contributed by atoms with Gasteiger partial charge in [0.05, 0.1) is 5.60 Å². The molecule has 0 radical (unpaired) electrons. The molecule has 2 aliphatic heterocycles. The minimum Gasteiger partial charge on any atom is -0.375 e. The highest BCUT2D eigenvalue weighted by molar-refractivity contribution is 7.99. The van der Waals surface area contributed by atoms with Gasteiger partial charge in [-0.05, 0) is 44.1 Å². The fraction of sp³-hybridized carbons (Fsp3) is 0.923. The average molecular weight is 258 g/mol. The van der Waals surface area contributed by atoms with Crippen molar-refractivity contribution < 1.29 is 14.3 Å². The zero-order valence-corrected chi connectivity index (χ0v) is 11.4. The maximum Gasteiger partial charge on any atom is 0.161 e. The number of ketones is 1.